The smallest absolute Gasteiger partial charge is 0.257 e. The first kappa shape index (κ1) is 14.7. The Morgan fingerprint density at radius 3 is 3.10 bits per heavy atom. The SMILES string of the molecule is Cc1cc(Br)ccc1C(=O)Nc1nc2c(s1)C[C@@H](N)CC2. The summed E-state index contributed by atoms with van der Waals surface area (Å²) in [6.45, 7) is 1.92. The molecule has 1 aromatic heterocycles. The van der Waals surface area contributed by atoms with Crippen molar-refractivity contribution in [1.82, 2.24) is 4.98 Å². The molecule has 2 aromatic rings. The van der Waals surface area contributed by atoms with Crippen molar-refractivity contribution in [2.45, 2.75) is 32.2 Å². The van der Waals surface area contributed by atoms with Gasteiger partial charge in [0.05, 0.1) is 5.69 Å². The second kappa shape index (κ2) is 5.87. The number of fused-ring (bicyclic) bond motifs is 1. The average Bonchev–Trinajstić information content (AvgIpc) is 2.79. The summed E-state index contributed by atoms with van der Waals surface area (Å²) in [7, 11) is 0. The second-order valence-electron chi connectivity index (χ2n) is 5.31. The molecule has 0 radical (unpaired) electrons. The van der Waals surface area contributed by atoms with Gasteiger partial charge in [-0.05, 0) is 49.9 Å². The molecule has 0 spiro atoms. The Balaban J connectivity index is 1.79. The molecule has 0 bridgehead atoms. The number of nitrogens with zero attached hydrogens (tertiary/aromatic N) is 1. The van der Waals surface area contributed by atoms with Crippen molar-refractivity contribution in [3.8, 4) is 0 Å². The summed E-state index contributed by atoms with van der Waals surface area (Å²) in [6.07, 6.45) is 2.73. The third-order valence-electron chi connectivity index (χ3n) is 3.63. The molecule has 1 aliphatic carbocycles. The van der Waals surface area contributed by atoms with E-state index in [0.29, 0.717) is 10.7 Å². The number of carbonyl (C=O) groups is 1. The molecule has 1 aromatic carbocycles. The van der Waals surface area contributed by atoms with Crippen LogP contribution in [0.25, 0.3) is 0 Å². The lowest BCUT2D eigenvalue weighted by Gasteiger charge is -2.15. The zero-order chi connectivity index (χ0) is 15.0. The molecule has 3 rings (SSSR count). The fourth-order valence-corrected chi connectivity index (χ4v) is 4.07. The van der Waals surface area contributed by atoms with Gasteiger partial charge in [0.25, 0.3) is 5.91 Å². The lowest BCUT2D eigenvalue weighted by molar-refractivity contribution is 0.102. The Morgan fingerprint density at radius 1 is 1.52 bits per heavy atom. The van der Waals surface area contributed by atoms with Gasteiger partial charge < -0.3 is 5.73 Å². The number of nitrogens with one attached hydrogen (secondary N) is 1. The van der Waals surface area contributed by atoms with Crippen LogP contribution in [0.2, 0.25) is 0 Å². The first-order chi connectivity index (χ1) is 10.0. The summed E-state index contributed by atoms with van der Waals surface area (Å²) >= 11 is 4.94. The Kier molecular flexibility index (Phi) is 4.10. The first-order valence-corrected chi connectivity index (χ1v) is 8.45. The number of halogens is 1. The highest BCUT2D eigenvalue weighted by molar-refractivity contribution is 9.10. The Labute approximate surface area is 135 Å². The van der Waals surface area contributed by atoms with Crippen LogP contribution in [0.5, 0.6) is 0 Å². The van der Waals surface area contributed by atoms with E-state index in [4.69, 9.17) is 5.73 Å². The molecule has 0 fully saturated rings. The van der Waals surface area contributed by atoms with Crippen molar-refractivity contribution in [2.24, 2.45) is 5.73 Å². The maximum atomic E-state index is 12.3. The largest absolute Gasteiger partial charge is 0.327 e. The molecule has 1 amide bonds. The molecule has 0 saturated carbocycles. The van der Waals surface area contributed by atoms with Gasteiger partial charge in [-0.15, -0.1) is 11.3 Å². The molecule has 3 N–H and O–H groups in total. The minimum absolute atomic E-state index is 0.115. The number of aryl methyl sites for hydroxylation is 2. The van der Waals surface area contributed by atoms with Crippen LogP contribution in [0.4, 0.5) is 5.13 Å². The highest BCUT2D eigenvalue weighted by atomic mass is 79.9. The number of rotatable bonds is 2. The van der Waals surface area contributed by atoms with Crippen molar-refractivity contribution >= 4 is 38.3 Å². The molecule has 6 heteroatoms. The van der Waals surface area contributed by atoms with Crippen LogP contribution in [0, 0.1) is 6.92 Å². The summed E-state index contributed by atoms with van der Waals surface area (Å²) in [6, 6.07) is 5.84. The van der Waals surface area contributed by atoms with E-state index >= 15 is 0 Å². The van der Waals surface area contributed by atoms with Gasteiger partial charge in [-0.2, -0.15) is 0 Å². The molecule has 4 nitrogen and oxygen atoms in total. The Hall–Kier alpha value is -1.24. The minimum Gasteiger partial charge on any atom is -0.327 e. The van der Waals surface area contributed by atoms with E-state index in [1.807, 2.05) is 25.1 Å². The van der Waals surface area contributed by atoms with E-state index in [-0.39, 0.29) is 11.9 Å². The van der Waals surface area contributed by atoms with E-state index in [2.05, 4.69) is 26.2 Å². The summed E-state index contributed by atoms with van der Waals surface area (Å²) in [4.78, 5) is 18.1. The number of hydrogen-bond acceptors (Lipinski definition) is 4. The predicted molar refractivity (Wildman–Crippen MR) is 88.9 cm³/mol. The summed E-state index contributed by atoms with van der Waals surface area (Å²) < 4.78 is 0.968. The van der Waals surface area contributed by atoms with Crippen LogP contribution in [0.3, 0.4) is 0 Å². The van der Waals surface area contributed by atoms with E-state index in [1.165, 1.54) is 16.2 Å². The third kappa shape index (κ3) is 3.17. The van der Waals surface area contributed by atoms with Crippen LogP contribution in [0.1, 0.15) is 32.9 Å². The zero-order valence-corrected chi connectivity index (χ0v) is 14.1. The average molecular weight is 366 g/mol. The van der Waals surface area contributed by atoms with Gasteiger partial charge in [-0.1, -0.05) is 15.9 Å². The van der Waals surface area contributed by atoms with E-state index in [0.717, 1.165) is 35.0 Å². The van der Waals surface area contributed by atoms with Gasteiger partial charge in [-0.3, -0.25) is 10.1 Å². The highest BCUT2D eigenvalue weighted by Gasteiger charge is 2.21. The Morgan fingerprint density at radius 2 is 2.33 bits per heavy atom. The van der Waals surface area contributed by atoms with Gasteiger partial charge in [0.2, 0.25) is 0 Å². The molecular weight excluding hydrogens is 350 g/mol. The molecule has 110 valence electrons. The quantitative estimate of drug-likeness (QED) is 0.857. The molecule has 1 atom stereocenters. The number of thiazole rings is 1. The second-order valence-corrected chi connectivity index (χ2v) is 7.30. The number of amides is 1. The zero-order valence-electron chi connectivity index (χ0n) is 11.6. The fourth-order valence-electron chi connectivity index (χ4n) is 2.50. The summed E-state index contributed by atoms with van der Waals surface area (Å²) in [5, 5.41) is 3.57. The van der Waals surface area contributed by atoms with E-state index in [1.54, 1.807) is 0 Å². The highest BCUT2D eigenvalue weighted by Crippen LogP contribution is 2.29. The molecule has 21 heavy (non-hydrogen) atoms. The van der Waals surface area contributed by atoms with Crippen molar-refractivity contribution in [3.63, 3.8) is 0 Å². The van der Waals surface area contributed by atoms with Crippen molar-refractivity contribution in [1.29, 1.82) is 0 Å². The van der Waals surface area contributed by atoms with Crippen LogP contribution >= 0.6 is 27.3 Å². The maximum Gasteiger partial charge on any atom is 0.257 e. The normalized spacial score (nSPS) is 17.4. The molecule has 0 unspecified atom stereocenters. The number of nitrogens with two attached hydrogens (primary N) is 1. The van der Waals surface area contributed by atoms with Crippen LogP contribution in [-0.4, -0.2) is 16.9 Å². The molecule has 1 aliphatic rings. The maximum absolute atomic E-state index is 12.3. The van der Waals surface area contributed by atoms with Gasteiger partial charge in [0.1, 0.15) is 0 Å². The molecular formula is C15H16BrN3OS. The van der Waals surface area contributed by atoms with Gasteiger partial charge in [0.15, 0.2) is 5.13 Å². The Bertz CT molecular complexity index is 698. The monoisotopic (exact) mass is 365 g/mol. The number of benzene rings is 1. The summed E-state index contributed by atoms with van der Waals surface area (Å²) in [5.74, 6) is -0.115. The van der Waals surface area contributed by atoms with E-state index in [9.17, 15) is 4.79 Å². The molecule has 0 aliphatic heterocycles. The number of hydrogen-bond donors (Lipinski definition) is 2. The van der Waals surface area contributed by atoms with Crippen molar-refractivity contribution in [2.75, 3.05) is 5.32 Å². The minimum atomic E-state index is -0.115. The third-order valence-corrected chi connectivity index (χ3v) is 5.16. The van der Waals surface area contributed by atoms with Crippen molar-refractivity contribution in [3.05, 3.63) is 44.4 Å². The van der Waals surface area contributed by atoms with Crippen LogP contribution < -0.4 is 11.1 Å². The van der Waals surface area contributed by atoms with Crippen LogP contribution in [0.15, 0.2) is 22.7 Å². The standard InChI is InChI=1S/C15H16BrN3OS/c1-8-6-9(16)2-4-11(8)14(20)19-15-18-12-5-3-10(17)7-13(12)21-15/h2,4,6,10H,3,5,7,17H2,1H3,(H,18,19,20)/t10-/m0/s1. The van der Waals surface area contributed by atoms with Crippen molar-refractivity contribution < 1.29 is 4.79 Å². The number of aromatic nitrogens is 1. The number of anilines is 1. The first-order valence-electron chi connectivity index (χ1n) is 6.84. The molecule has 1 heterocycles. The molecule has 0 saturated heterocycles. The fraction of sp³-hybridized carbons (Fsp3) is 0.333. The lowest BCUT2D eigenvalue weighted by Crippen LogP contribution is -2.27. The van der Waals surface area contributed by atoms with E-state index < -0.39 is 0 Å². The van der Waals surface area contributed by atoms with Crippen LogP contribution in [-0.2, 0) is 12.8 Å². The van der Waals surface area contributed by atoms with Gasteiger partial charge in [0, 0.05) is 21.0 Å². The van der Waals surface area contributed by atoms with Gasteiger partial charge in [-0.25, -0.2) is 4.98 Å². The predicted octanol–water partition coefficient (Wildman–Crippen LogP) is 3.28. The lowest BCUT2D eigenvalue weighted by atomic mass is 9.99. The summed E-state index contributed by atoms with van der Waals surface area (Å²) in [5.41, 5.74) is 8.66. The number of carbonyl (C=O) groups excluding carboxylic acids is 1. The van der Waals surface area contributed by atoms with Gasteiger partial charge >= 0.3 is 0 Å². The topological polar surface area (TPSA) is 68.0 Å².